The lowest BCUT2D eigenvalue weighted by atomic mass is 9.91. The first-order chi connectivity index (χ1) is 9.22. The summed E-state index contributed by atoms with van der Waals surface area (Å²) >= 11 is 0. The van der Waals surface area contributed by atoms with E-state index in [9.17, 15) is 0 Å². The van der Waals surface area contributed by atoms with Crippen LogP contribution in [0.2, 0.25) is 0 Å². The Morgan fingerprint density at radius 3 is 3.05 bits per heavy atom. The van der Waals surface area contributed by atoms with E-state index in [1.165, 1.54) is 31.5 Å². The lowest BCUT2D eigenvalue weighted by molar-refractivity contribution is 0.363. The first-order valence-electron chi connectivity index (χ1n) is 7.64. The summed E-state index contributed by atoms with van der Waals surface area (Å²) in [6.07, 6.45) is 5.77. The molecule has 3 heteroatoms. The molecule has 2 atom stereocenters. The molecule has 0 spiro atoms. The maximum atomic E-state index is 4.46. The van der Waals surface area contributed by atoms with Crippen LogP contribution in [-0.4, -0.2) is 24.1 Å². The van der Waals surface area contributed by atoms with E-state index in [1.54, 1.807) is 0 Å². The molecule has 1 aromatic rings. The zero-order valence-corrected chi connectivity index (χ0v) is 12.5. The Labute approximate surface area is 117 Å². The Morgan fingerprint density at radius 1 is 1.42 bits per heavy atom. The summed E-state index contributed by atoms with van der Waals surface area (Å²) in [5, 5.41) is 3.42. The lowest BCUT2D eigenvalue weighted by Crippen LogP contribution is -2.42. The molecule has 0 aromatic carbocycles. The molecule has 1 saturated heterocycles. The molecule has 0 saturated carbocycles. The molecule has 3 nitrogen and oxygen atoms in total. The molecular weight excluding hydrogens is 234 g/mol. The number of rotatable bonds is 5. The number of hydrogen-bond acceptors (Lipinski definition) is 3. The van der Waals surface area contributed by atoms with Crippen molar-refractivity contribution in [2.24, 2.45) is 5.92 Å². The van der Waals surface area contributed by atoms with Crippen LogP contribution in [0.4, 0.5) is 5.69 Å². The molecule has 1 aliphatic heterocycles. The van der Waals surface area contributed by atoms with E-state index in [-0.39, 0.29) is 0 Å². The van der Waals surface area contributed by atoms with E-state index in [0.717, 1.165) is 24.7 Å². The number of anilines is 1. The number of nitrogens with one attached hydrogen (secondary N) is 1. The van der Waals surface area contributed by atoms with Gasteiger partial charge in [-0.15, -0.1) is 0 Å². The molecule has 2 rings (SSSR count). The fraction of sp³-hybridized carbons (Fsp3) is 0.688. The molecule has 0 radical (unpaired) electrons. The fourth-order valence-corrected chi connectivity index (χ4v) is 2.83. The van der Waals surface area contributed by atoms with Gasteiger partial charge in [-0.3, -0.25) is 4.98 Å². The maximum absolute atomic E-state index is 4.46. The SMILES string of the molecule is CCCNCc1cc(N2CCCC(C)C2C)ccn1. The molecule has 0 aliphatic carbocycles. The van der Waals surface area contributed by atoms with Crippen molar-refractivity contribution >= 4 is 5.69 Å². The van der Waals surface area contributed by atoms with Crippen LogP contribution in [0.1, 0.15) is 45.7 Å². The smallest absolute Gasteiger partial charge is 0.0562 e. The van der Waals surface area contributed by atoms with Crippen molar-refractivity contribution in [2.75, 3.05) is 18.0 Å². The van der Waals surface area contributed by atoms with Gasteiger partial charge in [0.15, 0.2) is 0 Å². The van der Waals surface area contributed by atoms with Gasteiger partial charge in [-0.2, -0.15) is 0 Å². The Bertz CT molecular complexity index is 391. The summed E-state index contributed by atoms with van der Waals surface area (Å²) < 4.78 is 0. The standard InChI is InChI=1S/C16H27N3/c1-4-8-17-12-15-11-16(7-9-18-15)19-10-5-6-13(2)14(19)3/h7,9,11,13-14,17H,4-6,8,10,12H2,1-3H3. The topological polar surface area (TPSA) is 28.2 Å². The minimum Gasteiger partial charge on any atom is -0.368 e. The van der Waals surface area contributed by atoms with Crippen molar-refractivity contribution < 1.29 is 0 Å². The minimum atomic E-state index is 0.632. The van der Waals surface area contributed by atoms with E-state index < -0.39 is 0 Å². The van der Waals surface area contributed by atoms with Crippen molar-refractivity contribution in [1.82, 2.24) is 10.3 Å². The quantitative estimate of drug-likeness (QED) is 0.825. The molecule has 1 fully saturated rings. The highest BCUT2D eigenvalue weighted by molar-refractivity contribution is 5.48. The van der Waals surface area contributed by atoms with Gasteiger partial charge >= 0.3 is 0 Å². The van der Waals surface area contributed by atoms with Gasteiger partial charge in [-0.1, -0.05) is 13.8 Å². The largest absolute Gasteiger partial charge is 0.368 e. The lowest BCUT2D eigenvalue weighted by Gasteiger charge is -2.39. The second-order valence-corrected chi connectivity index (χ2v) is 5.74. The molecule has 2 heterocycles. The van der Waals surface area contributed by atoms with Crippen molar-refractivity contribution in [3.63, 3.8) is 0 Å². The van der Waals surface area contributed by atoms with Gasteiger partial charge in [-0.25, -0.2) is 0 Å². The molecule has 19 heavy (non-hydrogen) atoms. The third kappa shape index (κ3) is 3.69. The highest BCUT2D eigenvalue weighted by Crippen LogP contribution is 2.28. The molecule has 106 valence electrons. The first kappa shape index (κ1) is 14.3. The van der Waals surface area contributed by atoms with E-state index in [2.05, 4.69) is 48.1 Å². The van der Waals surface area contributed by atoms with Crippen LogP contribution < -0.4 is 10.2 Å². The number of pyridine rings is 1. The second-order valence-electron chi connectivity index (χ2n) is 5.74. The van der Waals surface area contributed by atoms with Crippen molar-refractivity contribution in [1.29, 1.82) is 0 Å². The Balaban J connectivity index is 2.05. The van der Waals surface area contributed by atoms with Gasteiger partial charge in [0.1, 0.15) is 0 Å². The number of hydrogen-bond donors (Lipinski definition) is 1. The summed E-state index contributed by atoms with van der Waals surface area (Å²) in [7, 11) is 0. The minimum absolute atomic E-state index is 0.632. The predicted molar refractivity (Wildman–Crippen MR) is 81.4 cm³/mol. The van der Waals surface area contributed by atoms with Crippen LogP contribution in [0.15, 0.2) is 18.3 Å². The number of piperidine rings is 1. The van der Waals surface area contributed by atoms with Crippen molar-refractivity contribution in [3.05, 3.63) is 24.0 Å². The zero-order chi connectivity index (χ0) is 13.7. The Kier molecular flexibility index (Phi) is 5.20. The highest BCUT2D eigenvalue weighted by atomic mass is 15.2. The predicted octanol–water partition coefficient (Wildman–Crippen LogP) is 3.21. The summed E-state index contributed by atoms with van der Waals surface area (Å²) in [4.78, 5) is 7.00. The first-order valence-corrected chi connectivity index (χ1v) is 7.64. The van der Waals surface area contributed by atoms with E-state index in [4.69, 9.17) is 0 Å². The van der Waals surface area contributed by atoms with Gasteiger partial charge in [0.25, 0.3) is 0 Å². The average Bonchev–Trinajstić information content (AvgIpc) is 2.43. The zero-order valence-electron chi connectivity index (χ0n) is 12.5. The van der Waals surface area contributed by atoms with Crippen molar-refractivity contribution in [3.8, 4) is 0 Å². The molecular formula is C16H27N3. The van der Waals surface area contributed by atoms with E-state index in [1.807, 2.05) is 6.20 Å². The molecule has 2 unspecified atom stereocenters. The average molecular weight is 261 g/mol. The van der Waals surface area contributed by atoms with Crippen molar-refractivity contribution in [2.45, 2.75) is 52.6 Å². The van der Waals surface area contributed by atoms with Crippen LogP contribution in [0.5, 0.6) is 0 Å². The molecule has 1 aromatic heterocycles. The van der Waals surface area contributed by atoms with Crippen LogP contribution in [0.25, 0.3) is 0 Å². The van der Waals surface area contributed by atoms with Crippen LogP contribution in [-0.2, 0) is 6.54 Å². The maximum Gasteiger partial charge on any atom is 0.0562 e. The summed E-state index contributed by atoms with van der Waals surface area (Å²) in [5.74, 6) is 0.781. The van der Waals surface area contributed by atoms with Gasteiger partial charge in [-0.05, 0) is 50.8 Å². The van der Waals surface area contributed by atoms with Gasteiger partial charge in [0.05, 0.1) is 5.69 Å². The highest BCUT2D eigenvalue weighted by Gasteiger charge is 2.24. The third-order valence-corrected chi connectivity index (χ3v) is 4.24. The summed E-state index contributed by atoms with van der Waals surface area (Å²) in [6.45, 7) is 10.0. The Hall–Kier alpha value is -1.09. The summed E-state index contributed by atoms with van der Waals surface area (Å²) in [5.41, 5.74) is 2.48. The monoisotopic (exact) mass is 261 g/mol. The third-order valence-electron chi connectivity index (χ3n) is 4.24. The summed E-state index contributed by atoms with van der Waals surface area (Å²) in [6, 6.07) is 5.03. The van der Waals surface area contributed by atoms with Crippen LogP contribution in [0.3, 0.4) is 0 Å². The normalized spacial score (nSPS) is 23.6. The van der Waals surface area contributed by atoms with E-state index >= 15 is 0 Å². The molecule has 0 amide bonds. The molecule has 0 bridgehead atoms. The van der Waals surface area contributed by atoms with Gasteiger partial charge < -0.3 is 10.2 Å². The second kappa shape index (κ2) is 6.90. The molecule has 1 N–H and O–H groups in total. The fourth-order valence-electron chi connectivity index (χ4n) is 2.83. The molecule has 1 aliphatic rings. The van der Waals surface area contributed by atoms with Gasteiger partial charge in [0, 0.05) is 31.0 Å². The van der Waals surface area contributed by atoms with E-state index in [0.29, 0.717) is 6.04 Å². The number of nitrogens with zero attached hydrogens (tertiary/aromatic N) is 2. The van der Waals surface area contributed by atoms with Gasteiger partial charge in [0.2, 0.25) is 0 Å². The van der Waals surface area contributed by atoms with Crippen LogP contribution in [0, 0.1) is 5.92 Å². The van der Waals surface area contributed by atoms with Crippen LogP contribution >= 0.6 is 0 Å². The number of aromatic nitrogens is 1. The Morgan fingerprint density at radius 2 is 2.26 bits per heavy atom.